The number of nitrogens with zero attached hydrogens (tertiary/aromatic N) is 2. The molecule has 0 amide bonds. The molecule has 1 aromatic carbocycles. The van der Waals surface area contributed by atoms with Crippen molar-refractivity contribution < 1.29 is 24.5 Å². The predicted octanol–water partition coefficient (Wildman–Crippen LogP) is 4.38. The number of aromatic nitrogens is 1. The lowest BCUT2D eigenvalue weighted by Gasteiger charge is -2.39. The van der Waals surface area contributed by atoms with Crippen LogP contribution in [0, 0.1) is 11.8 Å². The van der Waals surface area contributed by atoms with Crippen molar-refractivity contribution in [3.8, 4) is 5.75 Å². The molecule has 1 aliphatic heterocycles. The summed E-state index contributed by atoms with van der Waals surface area (Å²) in [5, 5.41) is 25.1. The summed E-state index contributed by atoms with van der Waals surface area (Å²) in [5.74, 6) is 1.53. The summed E-state index contributed by atoms with van der Waals surface area (Å²) in [6, 6.07) is 11.6. The van der Waals surface area contributed by atoms with Crippen LogP contribution in [-0.4, -0.2) is 71.8 Å². The number of thiophene rings is 1. The summed E-state index contributed by atoms with van der Waals surface area (Å²) < 4.78 is 11.6. The summed E-state index contributed by atoms with van der Waals surface area (Å²) in [6.45, 7) is 2.64. The average Bonchev–Trinajstić information content (AvgIpc) is 3.42. The Hall–Kier alpha value is -2.17. The summed E-state index contributed by atoms with van der Waals surface area (Å²) in [4.78, 5) is 19.0. The molecule has 3 heterocycles. The molecule has 194 valence electrons. The molecule has 0 aliphatic carbocycles. The number of carbonyl (C=O) groups is 1. The summed E-state index contributed by atoms with van der Waals surface area (Å²) in [7, 11) is 2.99. The second-order valence-electron chi connectivity index (χ2n) is 9.21. The minimum absolute atomic E-state index is 0.0639. The van der Waals surface area contributed by atoms with Crippen LogP contribution in [0.2, 0.25) is 0 Å². The number of carbonyl (C=O) groups excluding carboxylic acids is 1. The number of thioether (sulfide) groups is 1. The monoisotopic (exact) mass is 530 g/mol. The smallest absolute Gasteiger partial charge is 0.305 e. The van der Waals surface area contributed by atoms with Gasteiger partial charge in [-0.2, -0.15) is 0 Å². The molecule has 2 aromatic heterocycles. The van der Waals surface area contributed by atoms with Gasteiger partial charge in [-0.05, 0) is 60.4 Å². The molecule has 2 N–H and O–H groups in total. The quantitative estimate of drug-likeness (QED) is 0.279. The number of fused-ring (bicyclic) bond motifs is 1. The van der Waals surface area contributed by atoms with Gasteiger partial charge in [0.05, 0.1) is 36.2 Å². The first kappa shape index (κ1) is 26.9. The van der Waals surface area contributed by atoms with Gasteiger partial charge in [0, 0.05) is 30.6 Å². The highest BCUT2D eigenvalue weighted by molar-refractivity contribution is 8.01. The number of esters is 1. The number of hydrogen-bond donors (Lipinski definition) is 2. The lowest BCUT2D eigenvalue weighted by Crippen LogP contribution is -2.43. The predicted molar refractivity (Wildman–Crippen MR) is 144 cm³/mol. The van der Waals surface area contributed by atoms with Crippen molar-refractivity contribution in [1.82, 2.24) is 9.88 Å². The van der Waals surface area contributed by atoms with E-state index in [2.05, 4.69) is 27.4 Å². The number of piperidine rings is 1. The highest BCUT2D eigenvalue weighted by Gasteiger charge is 2.34. The number of rotatable bonds is 11. The molecule has 9 heteroatoms. The number of aliphatic hydroxyl groups excluding tert-OH is 2. The molecule has 0 bridgehead atoms. The zero-order chi connectivity index (χ0) is 25.5. The second kappa shape index (κ2) is 12.9. The first-order valence-corrected chi connectivity index (χ1v) is 14.1. The van der Waals surface area contributed by atoms with E-state index in [1.807, 2.05) is 36.0 Å². The van der Waals surface area contributed by atoms with Gasteiger partial charge in [-0.1, -0.05) is 18.2 Å². The fourth-order valence-electron chi connectivity index (χ4n) is 4.99. The minimum atomic E-state index is -1.07. The van der Waals surface area contributed by atoms with Crippen LogP contribution >= 0.6 is 23.1 Å². The molecular formula is C27H34N2O5S2. The molecule has 0 saturated carbocycles. The number of hydrogen-bond acceptors (Lipinski definition) is 9. The maximum absolute atomic E-state index is 12.2. The van der Waals surface area contributed by atoms with E-state index in [0.717, 1.165) is 42.7 Å². The van der Waals surface area contributed by atoms with Crippen molar-refractivity contribution in [2.75, 3.05) is 39.6 Å². The third-order valence-electron chi connectivity index (χ3n) is 6.98. The van der Waals surface area contributed by atoms with Crippen LogP contribution in [0.25, 0.3) is 10.9 Å². The Morgan fingerprint density at radius 1 is 1.25 bits per heavy atom. The Labute approximate surface area is 220 Å². The maximum Gasteiger partial charge on any atom is 0.305 e. The molecule has 0 spiro atoms. The van der Waals surface area contributed by atoms with Crippen LogP contribution in [0.5, 0.6) is 5.75 Å². The second-order valence-corrected chi connectivity index (χ2v) is 11.6. The zero-order valence-corrected chi connectivity index (χ0v) is 22.3. The average molecular weight is 531 g/mol. The van der Waals surface area contributed by atoms with Crippen LogP contribution in [0.1, 0.15) is 30.9 Å². The van der Waals surface area contributed by atoms with Gasteiger partial charge in [0.15, 0.2) is 0 Å². The number of ether oxygens (including phenoxy) is 2. The third kappa shape index (κ3) is 6.77. The van der Waals surface area contributed by atoms with Gasteiger partial charge in [-0.25, -0.2) is 0 Å². The van der Waals surface area contributed by atoms with Crippen molar-refractivity contribution in [2.24, 2.45) is 11.8 Å². The van der Waals surface area contributed by atoms with Crippen LogP contribution in [-0.2, 0) is 9.53 Å². The first-order chi connectivity index (χ1) is 17.5. The number of likely N-dealkylation sites (tertiary alicyclic amines) is 1. The molecule has 3 aromatic rings. The molecule has 4 atom stereocenters. The van der Waals surface area contributed by atoms with Crippen molar-refractivity contribution >= 4 is 40.0 Å². The Balaban J connectivity index is 1.41. The van der Waals surface area contributed by atoms with E-state index in [4.69, 9.17) is 9.47 Å². The summed E-state index contributed by atoms with van der Waals surface area (Å²) in [5.41, 5.74) is 1.36. The van der Waals surface area contributed by atoms with E-state index < -0.39 is 12.2 Å². The van der Waals surface area contributed by atoms with Crippen molar-refractivity contribution in [3.05, 3.63) is 53.5 Å². The fourth-order valence-corrected chi connectivity index (χ4v) is 6.85. The van der Waals surface area contributed by atoms with Crippen LogP contribution in [0.15, 0.2) is 52.2 Å². The molecule has 4 rings (SSSR count). The lowest BCUT2D eigenvalue weighted by atomic mass is 9.78. The van der Waals surface area contributed by atoms with E-state index in [1.54, 1.807) is 24.6 Å². The Bertz CT molecular complexity index is 1130. The molecule has 1 fully saturated rings. The maximum atomic E-state index is 12.2. The number of benzene rings is 1. The summed E-state index contributed by atoms with van der Waals surface area (Å²) >= 11 is 3.61. The highest BCUT2D eigenvalue weighted by Crippen LogP contribution is 2.35. The van der Waals surface area contributed by atoms with E-state index in [9.17, 15) is 15.0 Å². The van der Waals surface area contributed by atoms with Gasteiger partial charge in [0.2, 0.25) is 0 Å². The van der Waals surface area contributed by atoms with Crippen LogP contribution in [0.3, 0.4) is 0 Å². The number of pyridine rings is 1. The van der Waals surface area contributed by atoms with Crippen molar-refractivity contribution in [1.29, 1.82) is 0 Å². The Kier molecular flexibility index (Phi) is 9.61. The molecule has 1 saturated heterocycles. The standard InChI is InChI=1S/C27H34N2O5S2/c1-33-20-15-22-21(5-3-6-23(22)28-16-20)27(32)24(30)13-18-8-9-29(17-19(18)14-25(31)34-2)10-12-36-26-7-4-11-35-26/h3-7,11,15-16,18-19,24,27,30,32H,8-10,12-14,17H2,1-2H3/t18-,19-,24+,27+/m0/s1. The van der Waals surface area contributed by atoms with E-state index in [0.29, 0.717) is 24.2 Å². The number of aliphatic hydroxyl groups is 2. The number of methoxy groups -OCH3 is 2. The van der Waals surface area contributed by atoms with Crippen molar-refractivity contribution in [3.63, 3.8) is 0 Å². The third-order valence-corrected chi connectivity index (χ3v) is 9.09. The van der Waals surface area contributed by atoms with E-state index in [1.165, 1.54) is 11.3 Å². The largest absolute Gasteiger partial charge is 0.495 e. The van der Waals surface area contributed by atoms with E-state index >= 15 is 0 Å². The van der Waals surface area contributed by atoms with Gasteiger partial charge < -0.3 is 24.6 Å². The van der Waals surface area contributed by atoms with Gasteiger partial charge in [-0.3, -0.25) is 9.78 Å². The normalized spacial score (nSPS) is 20.2. The van der Waals surface area contributed by atoms with Gasteiger partial charge in [0.25, 0.3) is 0 Å². The molecule has 7 nitrogen and oxygen atoms in total. The Morgan fingerprint density at radius 3 is 2.86 bits per heavy atom. The fraction of sp³-hybridized carbons (Fsp3) is 0.481. The molecule has 0 radical (unpaired) electrons. The molecule has 0 unspecified atom stereocenters. The molecule has 1 aliphatic rings. The van der Waals surface area contributed by atoms with Gasteiger partial charge in [0.1, 0.15) is 11.9 Å². The summed E-state index contributed by atoms with van der Waals surface area (Å²) in [6.07, 6.45) is 1.19. The molecule has 36 heavy (non-hydrogen) atoms. The van der Waals surface area contributed by atoms with Gasteiger partial charge >= 0.3 is 5.97 Å². The van der Waals surface area contributed by atoms with E-state index in [-0.39, 0.29) is 17.8 Å². The van der Waals surface area contributed by atoms with Crippen LogP contribution < -0.4 is 4.74 Å². The minimum Gasteiger partial charge on any atom is -0.495 e. The van der Waals surface area contributed by atoms with Crippen molar-refractivity contribution in [2.45, 2.75) is 35.7 Å². The van der Waals surface area contributed by atoms with Gasteiger partial charge in [-0.15, -0.1) is 23.1 Å². The first-order valence-electron chi connectivity index (χ1n) is 12.2. The Morgan fingerprint density at radius 2 is 2.11 bits per heavy atom. The molecular weight excluding hydrogens is 496 g/mol. The topological polar surface area (TPSA) is 92.1 Å². The zero-order valence-electron chi connectivity index (χ0n) is 20.7. The lowest BCUT2D eigenvalue weighted by molar-refractivity contribution is -0.143. The SMILES string of the molecule is COC(=O)C[C@H]1CN(CCSc2cccs2)CC[C@H]1C[C@@H](O)[C@H](O)c1cccc2ncc(OC)cc12. The highest BCUT2D eigenvalue weighted by atomic mass is 32.2. The van der Waals surface area contributed by atoms with Crippen LogP contribution in [0.4, 0.5) is 0 Å².